The van der Waals surface area contributed by atoms with Crippen LogP contribution < -0.4 is 5.32 Å². The van der Waals surface area contributed by atoms with E-state index in [0.29, 0.717) is 18.3 Å². The Morgan fingerprint density at radius 1 is 1.44 bits per heavy atom. The van der Waals surface area contributed by atoms with Gasteiger partial charge in [-0.25, -0.2) is 9.97 Å². The lowest BCUT2D eigenvalue weighted by atomic mass is 10.1. The first-order chi connectivity index (χ1) is 12.1. The molecule has 3 heterocycles. The Morgan fingerprint density at radius 3 is 3.00 bits per heavy atom. The summed E-state index contributed by atoms with van der Waals surface area (Å²) in [5.41, 5.74) is 2.45. The average molecular weight is 342 g/mol. The van der Waals surface area contributed by atoms with E-state index in [-0.39, 0.29) is 5.91 Å². The van der Waals surface area contributed by atoms with E-state index in [9.17, 15) is 4.79 Å². The van der Waals surface area contributed by atoms with Gasteiger partial charge in [0.1, 0.15) is 11.5 Å². The highest BCUT2D eigenvalue weighted by molar-refractivity contribution is 5.92. The summed E-state index contributed by atoms with van der Waals surface area (Å²) in [7, 11) is 2.12. The quantitative estimate of drug-likeness (QED) is 0.870. The highest BCUT2D eigenvalue weighted by Crippen LogP contribution is 2.31. The largest absolute Gasteiger partial charge is 0.346 e. The lowest BCUT2D eigenvalue weighted by molar-refractivity contribution is 0.0944. The highest BCUT2D eigenvalue weighted by Gasteiger charge is 2.26. The van der Waals surface area contributed by atoms with Crippen LogP contribution in [0.25, 0.3) is 0 Å². The molecule has 0 saturated carbocycles. The minimum atomic E-state index is -0.166. The van der Waals surface area contributed by atoms with Crippen molar-refractivity contribution in [2.45, 2.75) is 52.2 Å². The molecule has 0 radical (unpaired) electrons. The predicted molar refractivity (Wildman–Crippen MR) is 95.1 cm³/mol. The number of rotatable bonds is 6. The number of aryl methyl sites for hydroxylation is 2. The zero-order valence-corrected chi connectivity index (χ0v) is 15.2. The van der Waals surface area contributed by atoms with Crippen LogP contribution in [-0.2, 0) is 13.1 Å². The summed E-state index contributed by atoms with van der Waals surface area (Å²) in [6, 6.07) is 2.06. The van der Waals surface area contributed by atoms with E-state index in [1.54, 1.807) is 10.7 Å². The van der Waals surface area contributed by atoms with Crippen molar-refractivity contribution < 1.29 is 4.79 Å². The summed E-state index contributed by atoms with van der Waals surface area (Å²) in [5.74, 6) is 0.602. The van der Waals surface area contributed by atoms with Gasteiger partial charge in [-0.2, -0.15) is 5.10 Å². The number of likely N-dealkylation sites (tertiary alicyclic amines) is 1. The van der Waals surface area contributed by atoms with Gasteiger partial charge in [0.25, 0.3) is 5.91 Å². The van der Waals surface area contributed by atoms with Gasteiger partial charge in [0.05, 0.1) is 11.7 Å². The van der Waals surface area contributed by atoms with E-state index in [1.807, 2.05) is 19.3 Å². The molecule has 3 rings (SSSR count). The van der Waals surface area contributed by atoms with Crippen molar-refractivity contribution in [2.24, 2.45) is 0 Å². The van der Waals surface area contributed by atoms with Crippen molar-refractivity contribution in [3.63, 3.8) is 0 Å². The van der Waals surface area contributed by atoms with E-state index in [0.717, 1.165) is 43.0 Å². The Hall–Kier alpha value is -2.28. The van der Waals surface area contributed by atoms with E-state index in [4.69, 9.17) is 0 Å². The molecule has 1 aliphatic rings. The van der Waals surface area contributed by atoms with Gasteiger partial charge >= 0.3 is 0 Å². The summed E-state index contributed by atoms with van der Waals surface area (Å²) in [5, 5.41) is 7.26. The van der Waals surface area contributed by atoms with Crippen molar-refractivity contribution in [2.75, 3.05) is 13.6 Å². The number of nitrogens with one attached hydrogen (secondary N) is 1. The second kappa shape index (κ2) is 7.74. The van der Waals surface area contributed by atoms with Gasteiger partial charge in [0, 0.05) is 31.0 Å². The molecule has 1 aliphatic heterocycles. The number of carbonyl (C=O) groups is 1. The average Bonchev–Trinajstić information content (AvgIpc) is 3.23. The van der Waals surface area contributed by atoms with Crippen molar-refractivity contribution in [3.05, 3.63) is 41.2 Å². The lowest BCUT2D eigenvalue weighted by Gasteiger charge is -2.21. The molecule has 7 nitrogen and oxygen atoms in total. The fourth-order valence-electron chi connectivity index (χ4n) is 3.30. The molecular weight excluding hydrogens is 316 g/mol. The fourth-order valence-corrected chi connectivity index (χ4v) is 3.30. The zero-order chi connectivity index (χ0) is 17.8. The van der Waals surface area contributed by atoms with Crippen LogP contribution in [0.5, 0.6) is 0 Å². The molecule has 1 saturated heterocycles. The van der Waals surface area contributed by atoms with Crippen LogP contribution in [0.4, 0.5) is 0 Å². The summed E-state index contributed by atoms with van der Waals surface area (Å²) >= 11 is 0. The van der Waals surface area contributed by atoms with Crippen LogP contribution in [0.3, 0.4) is 0 Å². The topological polar surface area (TPSA) is 75.9 Å². The SMILES string of the molecule is CCCn1ccc(C(=O)NCc2cnc(C)nc2[C@@H]2CCCN2C)n1. The van der Waals surface area contributed by atoms with Gasteiger partial charge in [-0.3, -0.25) is 14.4 Å². The Bertz CT molecular complexity index is 741. The zero-order valence-electron chi connectivity index (χ0n) is 15.2. The van der Waals surface area contributed by atoms with Crippen LogP contribution in [-0.4, -0.2) is 44.1 Å². The maximum absolute atomic E-state index is 12.4. The van der Waals surface area contributed by atoms with Gasteiger partial charge < -0.3 is 5.32 Å². The molecule has 7 heteroatoms. The molecule has 0 bridgehead atoms. The summed E-state index contributed by atoms with van der Waals surface area (Å²) in [4.78, 5) is 23.7. The van der Waals surface area contributed by atoms with Crippen LogP contribution in [0.15, 0.2) is 18.5 Å². The predicted octanol–water partition coefficient (Wildman–Crippen LogP) is 2.09. The smallest absolute Gasteiger partial charge is 0.272 e. The van der Waals surface area contributed by atoms with Crippen LogP contribution in [0.2, 0.25) is 0 Å². The van der Waals surface area contributed by atoms with E-state index < -0.39 is 0 Å². The maximum atomic E-state index is 12.4. The van der Waals surface area contributed by atoms with Gasteiger partial charge in [-0.1, -0.05) is 6.92 Å². The molecule has 2 aromatic heterocycles. The van der Waals surface area contributed by atoms with Crippen molar-refractivity contribution in [1.82, 2.24) is 30.0 Å². The first-order valence-electron chi connectivity index (χ1n) is 8.92. The van der Waals surface area contributed by atoms with Crippen molar-refractivity contribution in [3.8, 4) is 0 Å². The molecule has 2 aromatic rings. The van der Waals surface area contributed by atoms with Crippen LogP contribution >= 0.6 is 0 Å². The van der Waals surface area contributed by atoms with Crippen molar-refractivity contribution in [1.29, 1.82) is 0 Å². The van der Waals surface area contributed by atoms with E-state index in [1.165, 1.54) is 6.42 Å². The minimum Gasteiger partial charge on any atom is -0.346 e. The fraction of sp³-hybridized carbons (Fsp3) is 0.556. The Labute approximate surface area is 148 Å². The summed E-state index contributed by atoms with van der Waals surface area (Å²) < 4.78 is 1.79. The lowest BCUT2D eigenvalue weighted by Crippen LogP contribution is -2.26. The maximum Gasteiger partial charge on any atom is 0.272 e. The first-order valence-corrected chi connectivity index (χ1v) is 8.92. The van der Waals surface area contributed by atoms with Crippen LogP contribution in [0.1, 0.15) is 59.8 Å². The third-order valence-electron chi connectivity index (χ3n) is 4.62. The molecule has 0 aliphatic carbocycles. The number of aromatic nitrogens is 4. The van der Waals surface area contributed by atoms with Gasteiger partial charge in [0.2, 0.25) is 0 Å². The second-order valence-electron chi connectivity index (χ2n) is 6.61. The summed E-state index contributed by atoms with van der Waals surface area (Å²) in [6.45, 7) is 6.30. The molecule has 1 N–H and O–H groups in total. The number of hydrogen-bond donors (Lipinski definition) is 1. The van der Waals surface area contributed by atoms with E-state index in [2.05, 4.69) is 39.3 Å². The van der Waals surface area contributed by atoms with Crippen LogP contribution in [0, 0.1) is 6.92 Å². The highest BCUT2D eigenvalue weighted by atomic mass is 16.1. The molecule has 1 atom stereocenters. The van der Waals surface area contributed by atoms with Gasteiger partial charge in [-0.15, -0.1) is 0 Å². The Kier molecular flexibility index (Phi) is 5.43. The van der Waals surface area contributed by atoms with Crippen molar-refractivity contribution >= 4 is 5.91 Å². The first kappa shape index (κ1) is 17.5. The number of carbonyl (C=O) groups excluding carboxylic acids is 1. The van der Waals surface area contributed by atoms with E-state index >= 15 is 0 Å². The minimum absolute atomic E-state index is 0.166. The standard InChI is InChI=1S/C18H26N6O/c1-4-8-24-10-7-15(22-24)18(25)20-12-14-11-19-13(2)21-17(14)16-6-5-9-23(16)3/h7,10-11,16H,4-6,8-9,12H2,1-3H3,(H,20,25)/t16-/m0/s1. The molecule has 134 valence electrons. The van der Waals surface area contributed by atoms with Gasteiger partial charge in [0.15, 0.2) is 0 Å². The molecule has 0 spiro atoms. The molecule has 0 aromatic carbocycles. The van der Waals surface area contributed by atoms with Gasteiger partial charge in [-0.05, 0) is 45.8 Å². The normalized spacial score (nSPS) is 17.8. The molecule has 25 heavy (non-hydrogen) atoms. The number of amides is 1. The molecule has 0 unspecified atom stereocenters. The summed E-state index contributed by atoms with van der Waals surface area (Å²) in [6.07, 6.45) is 6.92. The third-order valence-corrected chi connectivity index (χ3v) is 4.62. The monoisotopic (exact) mass is 342 g/mol. The Morgan fingerprint density at radius 2 is 2.28 bits per heavy atom. The third kappa shape index (κ3) is 4.04. The molecule has 1 fully saturated rings. The Balaban J connectivity index is 1.71. The number of hydrogen-bond acceptors (Lipinski definition) is 5. The molecule has 1 amide bonds. The molecular formula is C18H26N6O. The number of nitrogens with zero attached hydrogens (tertiary/aromatic N) is 5. The second-order valence-corrected chi connectivity index (χ2v) is 6.61.